The van der Waals surface area contributed by atoms with Gasteiger partial charge in [-0.25, -0.2) is 4.79 Å². The van der Waals surface area contributed by atoms with Crippen LogP contribution < -0.4 is 9.64 Å². The molecule has 2 aromatic rings. The van der Waals surface area contributed by atoms with Gasteiger partial charge >= 0.3 is 5.97 Å². The second-order valence-corrected chi connectivity index (χ2v) is 6.59. The van der Waals surface area contributed by atoms with Gasteiger partial charge in [0.2, 0.25) is 5.78 Å². The third kappa shape index (κ3) is 5.08. The Morgan fingerprint density at radius 3 is 2.48 bits per heavy atom. The highest BCUT2D eigenvalue weighted by atomic mass is 16.5. The number of aromatic nitrogens is 1. The molecule has 1 atom stereocenters. The van der Waals surface area contributed by atoms with Crippen LogP contribution in [0.15, 0.2) is 36.9 Å². The van der Waals surface area contributed by atoms with E-state index in [0.717, 1.165) is 16.2 Å². The minimum atomic E-state index is -0.431. The second-order valence-electron chi connectivity index (χ2n) is 6.59. The number of hydrogen-bond donors (Lipinski definition) is 2. The quantitative estimate of drug-likeness (QED) is 0.401. The molecule has 1 heterocycles. The van der Waals surface area contributed by atoms with E-state index in [2.05, 4.69) is 11.6 Å². The Labute approximate surface area is 159 Å². The summed E-state index contributed by atoms with van der Waals surface area (Å²) in [7, 11) is 3.30. The highest BCUT2D eigenvalue weighted by Gasteiger charge is 2.24. The maximum Gasteiger partial charge on any atom is 0.339 e. The molecule has 0 aliphatic heterocycles. The van der Waals surface area contributed by atoms with Crippen LogP contribution in [0.3, 0.4) is 0 Å². The number of aromatic amines is 1. The average Bonchev–Trinajstić information content (AvgIpc) is 2.95. The van der Waals surface area contributed by atoms with Gasteiger partial charge in [0.05, 0.1) is 25.4 Å². The lowest BCUT2D eigenvalue weighted by atomic mass is 10.1. The molecule has 1 aromatic heterocycles. The number of hydrogen-bond acceptors (Lipinski definition) is 4. The van der Waals surface area contributed by atoms with Crippen molar-refractivity contribution in [1.82, 2.24) is 4.98 Å². The van der Waals surface area contributed by atoms with Gasteiger partial charge in [-0.15, -0.1) is 0 Å². The number of quaternary nitrogens is 1. The van der Waals surface area contributed by atoms with Crippen molar-refractivity contribution in [2.75, 3.05) is 27.3 Å². The third-order valence-electron chi connectivity index (χ3n) is 4.37. The fourth-order valence-electron chi connectivity index (χ4n) is 3.07. The van der Waals surface area contributed by atoms with Gasteiger partial charge in [0, 0.05) is 11.3 Å². The van der Waals surface area contributed by atoms with Crippen LogP contribution in [-0.4, -0.2) is 44.0 Å². The monoisotopic (exact) mass is 371 g/mol. The standard InChI is InChI=1S/C21H26N2O4/c1-6-11-27-17-9-7-16(8-10-17)12-23(4)13-18(24)20-14(2)19(15(3)22-20)21(25)26-5/h6-10,22H,1,11-13H2,2-5H3/p+1. The largest absolute Gasteiger partial charge is 0.490 e. The maximum absolute atomic E-state index is 12.7. The van der Waals surface area contributed by atoms with Gasteiger partial charge in [-0.05, 0) is 43.7 Å². The molecule has 6 heteroatoms. The summed E-state index contributed by atoms with van der Waals surface area (Å²) in [5.74, 6) is 0.328. The second kappa shape index (κ2) is 9.19. The van der Waals surface area contributed by atoms with E-state index in [1.54, 1.807) is 19.9 Å². The molecule has 0 radical (unpaired) electrons. The molecule has 0 aliphatic carbocycles. The van der Waals surface area contributed by atoms with Gasteiger partial charge in [0.1, 0.15) is 25.4 Å². The molecule has 0 amide bonds. The zero-order valence-corrected chi connectivity index (χ0v) is 16.3. The Bertz CT molecular complexity index is 821. The van der Waals surface area contributed by atoms with Crippen LogP contribution in [0.5, 0.6) is 5.75 Å². The molecule has 1 unspecified atom stereocenters. The molecule has 0 spiro atoms. The average molecular weight is 371 g/mol. The van der Waals surface area contributed by atoms with E-state index in [0.29, 0.717) is 42.2 Å². The summed E-state index contributed by atoms with van der Waals surface area (Å²) in [5.41, 5.74) is 3.31. The fourth-order valence-corrected chi connectivity index (χ4v) is 3.07. The van der Waals surface area contributed by atoms with Crippen molar-refractivity contribution >= 4 is 11.8 Å². The first kappa shape index (κ1) is 20.5. The number of carbonyl (C=O) groups is 2. The summed E-state index contributed by atoms with van der Waals surface area (Å²) in [6, 6.07) is 7.81. The van der Waals surface area contributed by atoms with Gasteiger partial charge in [-0.2, -0.15) is 0 Å². The first-order chi connectivity index (χ1) is 12.9. The first-order valence-electron chi connectivity index (χ1n) is 8.82. The summed E-state index contributed by atoms with van der Waals surface area (Å²) in [6.07, 6.45) is 1.70. The Hall–Kier alpha value is -2.86. The summed E-state index contributed by atoms with van der Waals surface area (Å²) in [6.45, 7) is 8.65. The maximum atomic E-state index is 12.7. The van der Waals surface area contributed by atoms with Gasteiger partial charge in [0.15, 0.2) is 0 Å². The molecule has 27 heavy (non-hydrogen) atoms. The molecule has 2 rings (SSSR count). The number of esters is 1. The van der Waals surface area contributed by atoms with Crippen LogP contribution in [0.4, 0.5) is 0 Å². The van der Waals surface area contributed by atoms with Gasteiger partial charge in [-0.1, -0.05) is 12.7 Å². The predicted molar refractivity (Wildman–Crippen MR) is 104 cm³/mol. The van der Waals surface area contributed by atoms with Crippen molar-refractivity contribution in [3.8, 4) is 5.75 Å². The van der Waals surface area contributed by atoms with E-state index in [1.807, 2.05) is 31.3 Å². The Balaban J connectivity index is 2.01. The lowest BCUT2D eigenvalue weighted by Crippen LogP contribution is -3.08. The first-order valence-corrected chi connectivity index (χ1v) is 8.82. The smallest absolute Gasteiger partial charge is 0.339 e. The number of likely N-dealkylation sites (N-methyl/N-ethyl adjacent to an activating group) is 1. The van der Waals surface area contributed by atoms with Crippen LogP contribution in [-0.2, 0) is 11.3 Å². The van der Waals surface area contributed by atoms with Gasteiger partial charge in [-0.3, -0.25) is 4.79 Å². The summed E-state index contributed by atoms with van der Waals surface area (Å²) in [5, 5.41) is 0. The van der Waals surface area contributed by atoms with E-state index in [-0.39, 0.29) is 5.78 Å². The van der Waals surface area contributed by atoms with Crippen molar-refractivity contribution in [3.05, 3.63) is 65.0 Å². The Kier molecular flexibility index (Phi) is 6.96. The number of nitrogens with one attached hydrogen (secondary N) is 2. The highest BCUT2D eigenvalue weighted by Crippen LogP contribution is 2.19. The molecular weight excluding hydrogens is 344 g/mol. The van der Waals surface area contributed by atoms with E-state index in [4.69, 9.17) is 9.47 Å². The molecule has 0 saturated carbocycles. The molecule has 144 valence electrons. The Morgan fingerprint density at radius 1 is 1.22 bits per heavy atom. The van der Waals surface area contributed by atoms with Crippen LogP contribution >= 0.6 is 0 Å². The SMILES string of the molecule is C=CCOc1ccc(C[NH+](C)CC(=O)c2[nH]c(C)c(C(=O)OC)c2C)cc1. The number of H-pyrrole nitrogens is 1. The minimum absolute atomic E-state index is 0.0332. The lowest BCUT2D eigenvalue weighted by molar-refractivity contribution is -0.884. The minimum Gasteiger partial charge on any atom is -0.490 e. The van der Waals surface area contributed by atoms with Crippen molar-refractivity contribution in [2.24, 2.45) is 0 Å². The molecule has 0 fully saturated rings. The zero-order chi connectivity index (χ0) is 20.0. The number of ether oxygens (including phenoxy) is 2. The van der Waals surface area contributed by atoms with Gasteiger partial charge in [0.25, 0.3) is 0 Å². The van der Waals surface area contributed by atoms with Crippen molar-refractivity contribution < 1.29 is 24.0 Å². The topological polar surface area (TPSA) is 72.8 Å². The van der Waals surface area contributed by atoms with E-state index < -0.39 is 5.97 Å². The number of Topliss-reactive ketones (excluding diaryl/α,β-unsaturated/α-hetero) is 1. The van der Waals surface area contributed by atoms with Crippen LogP contribution in [0.25, 0.3) is 0 Å². The predicted octanol–water partition coefficient (Wildman–Crippen LogP) is 1.88. The zero-order valence-electron chi connectivity index (χ0n) is 16.3. The molecule has 6 nitrogen and oxygen atoms in total. The van der Waals surface area contributed by atoms with E-state index in [9.17, 15) is 9.59 Å². The van der Waals surface area contributed by atoms with E-state index in [1.165, 1.54) is 7.11 Å². The van der Waals surface area contributed by atoms with Crippen molar-refractivity contribution in [2.45, 2.75) is 20.4 Å². The molecule has 1 aromatic carbocycles. The number of benzene rings is 1. The van der Waals surface area contributed by atoms with Crippen LogP contribution in [0.1, 0.15) is 37.7 Å². The normalized spacial score (nSPS) is 11.7. The van der Waals surface area contributed by atoms with E-state index >= 15 is 0 Å². The summed E-state index contributed by atoms with van der Waals surface area (Å²) in [4.78, 5) is 28.6. The summed E-state index contributed by atoms with van der Waals surface area (Å²) < 4.78 is 10.3. The highest BCUT2D eigenvalue weighted by molar-refractivity contribution is 6.01. The lowest BCUT2D eigenvalue weighted by Gasteiger charge is -2.13. The number of rotatable bonds is 9. The summed E-state index contributed by atoms with van der Waals surface area (Å²) >= 11 is 0. The third-order valence-corrected chi connectivity index (χ3v) is 4.37. The molecule has 0 saturated heterocycles. The van der Waals surface area contributed by atoms with Crippen molar-refractivity contribution in [1.29, 1.82) is 0 Å². The van der Waals surface area contributed by atoms with Crippen LogP contribution in [0.2, 0.25) is 0 Å². The fraction of sp³-hybridized carbons (Fsp3) is 0.333. The van der Waals surface area contributed by atoms with Crippen LogP contribution in [0, 0.1) is 13.8 Å². The Morgan fingerprint density at radius 2 is 1.89 bits per heavy atom. The van der Waals surface area contributed by atoms with Gasteiger partial charge < -0.3 is 19.4 Å². The number of methoxy groups -OCH3 is 1. The molecule has 2 N–H and O–H groups in total. The number of ketones is 1. The number of aryl methyl sites for hydroxylation is 1. The molecule has 0 aliphatic rings. The molecular formula is C21H27N2O4+. The van der Waals surface area contributed by atoms with Crippen molar-refractivity contribution in [3.63, 3.8) is 0 Å². The number of carbonyl (C=O) groups excluding carboxylic acids is 2. The molecule has 0 bridgehead atoms.